The van der Waals surface area contributed by atoms with E-state index in [1.807, 2.05) is 46.0 Å². The first-order chi connectivity index (χ1) is 13.5. The molecule has 1 aromatic rings. The van der Waals surface area contributed by atoms with Gasteiger partial charge in [0.15, 0.2) is 24.6 Å². The standard InChI is InChI=1S/C22H35N3O4/c1-15(2)21(16-8-9-17-18(12-16)29-11-7-10-28-17)23-19(26)13-25(6)14-20(27)24-22(3,4)5/h8-9,12,15,21H,7,10-11,13-14H2,1-6H3,(H,23,26)(H,24,27)/p+1/t21-/m0/s1. The Balaban J connectivity index is 1.99. The van der Waals surface area contributed by atoms with Crippen molar-refractivity contribution in [3.05, 3.63) is 23.8 Å². The number of ether oxygens (including phenoxy) is 2. The normalized spacial score (nSPS) is 16.0. The van der Waals surface area contributed by atoms with E-state index >= 15 is 0 Å². The Kier molecular flexibility index (Phi) is 7.90. The van der Waals surface area contributed by atoms with Crippen molar-refractivity contribution in [2.45, 2.75) is 52.6 Å². The molecule has 1 aliphatic rings. The van der Waals surface area contributed by atoms with Gasteiger partial charge in [0.05, 0.1) is 26.3 Å². The summed E-state index contributed by atoms with van der Waals surface area (Å²) in [6.45, 7) is 11.7. The molecule has 162 valence electrons. The highest BCUT2D eigenvalue weighted by Crippen LogP contribution is 2.34. The van der Waals surface area contributed by atoms with Gasteiger partial charge in [0.2, 0.25) is 0 Å². The average molecular weight is 407 g/mol. The van der Waals surface area contributed by atoms with Crippen LogP contribution >= 0.6 is 0 Å². The number of amides is 2. The van der Waals surface area contributed by atoms with E-state index < -0.39 is 0 Å². The van der Waals surface area contributed by atoms with Gasteiger partial charge in [-0.1, -0.05) is 19.9 Å². The van der Waals surface area contributed by atoms with Crippen molar-refractivity contribution < 1.29 is 24.0 Å². The molecule has 0 aromatic heterocycles. The number of carbonyl (C=O) groups is 2. The second-order valence-electron chi connectivity index (χ2n) is 9.15. The minimum Gasteiger partial charge on any atom is -0.490 e. The van der Waals surface area contributed by atoms with Gasteiger partial charge < -0.3 is 25.0 Å². The zero-order valence-electron chi connectivity index (χ0n) is 18.6. The van der Waals surface area contributed by atoms with Crippen LogP contribution in [0.2, 0.25) is 0 Å². The second kappa shape index (κ2) is 9.96. The second-order valence-corrected chi connectivity index (χ2v) is 9.15. The summed E-state index contributed by atoms with van der Waals surface area (Å²) < 4.78 is 11.5. The highest BCUT2D eigenvalue weighted by Gasteiger charge is 2.24. The first-order valence-electron chi connectivity index (χ1n) is 10.4. The van der Waals surface area contributed by atoms with E-state index in [2.05, 4.69) is 24.5 Å². The van der Waals surface area contributed by atoms with Gasteiger partial charge >= 0.3 is 0 Å². The maximum Gasteiger partial charge on any atom is 0.275 e. The zero-order valence-corrected chi connectivity index (χ0v) is 18.6. The third kappa shape index (κ3) is 7.57. The first-order valence-corrected chi connectivity index (χ1v) is 10.4. The van der Waals surface area contributed by atoms with Crippen LogP contribution in [0, 0.1) is 5.92 Å². The van der Waals surface area contributed by atoms with Crippen LogP contribution < -0.4 is 25.0 Å². The lowest BCUT2D eigenvalue weighted by Crippen LogP contribution is -3.11. The molecule has 0 bridgehead atoms. The van der Waals surface area contributed by atoms with Crippen molar-refractivity contribution in [3.63, 3.8) is 0 Å². The number of benzene rings is 1. The summed E-state index contributed by atoms with van der Waals surface area (Å²) in [6.07, 6.45) is 0.853. The van der Waals surface area contributed by atoms with Crippen LogP contribution in [0.15, 0.2) is 18.2 Å². The Morgan fingerprint density at radius 1 is 1.07 bits per heavy atom. The largest absolute Gasteiger partial charge is 0.490 e. The molecule has 2 atom stereocenters. The summed E-state index contributed by atoms with van der Waals surface area (Å²) in [5.74, 6) is 1.52. The predicted octanol–water partition coefficient (Wildman–Crippen LogP) is 1.09. The summed E-state index contributed by atoms with van der Waals surface area (Å²) >= 11 is 0. The van der Waals surface area contributed by atoms with E-state index in [0.717, 1.165) is 28.4 Å². The number of hydrogen-bond donors (Lipinski definition) is 3. The molecule has 0 radical (unpaired) electrons. The van der Waals surface area contributed by atoms with Gasteiger partial charge in [0, 0.05) is 12.0 Å². The van der Waals surface area contributed by atoms with Crippen molar-refractivity contribution in [1.29, 1.82) is 0 Å². The summed E-state index contributed by atoms with van der Waals surface area (Å²) in [5.41, 5.74) is 0.708. The number of nitrogens with one attached hydrogen (secondary N) is 3. The number of carbonyl (C=O) groups excluding carboxylic acids is 2. The Labute approximate surface area is 174 Å². The molecule has 7 nitrogen and oxygen atoms in total. The van der Waals surface area contributed by atoms with Crippen molar-refractivity contribution in [1.82, 2.24) is 10.6 Å². The van der Waals surface area contributed by atoms with Gasteiger partial charge in [-0.2, -0.15) is 0 Å². The number of quaternary nitrogens is 1. The Morgan fingerprint density at radius 3 is 2.31 bits per heavy atom. The van der Waals surface area contributed by atoms with Crippen LogP contribution in [-0.4, -0.2) is 50.7 Å². The highest BCUT2D eigenvalue weighted by molar-refractivity contribution is 5.79. The molecular formula is C22H36N3O4+. The molecule has 0 aliphatic carbocycles. The van der Waals surface area contributed by atoms with Crippen LogP contribution in [0.4, 0.5) is 0 Å². The molecule has 1 heterocycles. The predicted molar refractivity (Wildman–Crippen MR) is 112 cm³/mol. The first kappa shape index (κ1) is 23.0. The van der Waals surface area contributed by atoms with Crippen molar-refractivity contribution in [2.75, 3.05) is 33.4 Å². The van der Waals surface area contributed by atoms with E-state index in [0.29, 0.717) is 13.2 Å². The summed E-state index contributed by atoms with van der Waals surface area (Å²) in [5, 5.41) is 6.04. The third-order valence-electron chi connectivity index (χ3n) is 4.55. The molecule has 0 spiro atoms. The monoisotopic (exact) mass is 406 g/mol. The molecule has 0 fully saturated rings. The van der Waals surface area contributed by atoms with Crippen LogP contribution in [0.5, 0.6) is 11.5 Å². The van der Waals surface area contributed by atoms with Crippen molar-refractivity contribution in [2.24, 2.45) is 5.92 Å². The quantitative estimate of drug-likeness (QED) is 0.633. The maximum absolute atomic E-state index is 12.6. The number of rotatable bonds is 7. The fourth-order valence-electron chi connectivity index (χ4n) is 3.31. The summed E-state index contributed by atoms with van der Waals surface area (Å²) in [6, 6.07) is 5.70. The van der Waals surface area contributed by atoms with E-state index in [-0.39, 0.29) is 42.4 Å². The SMILES string of the molecule is CC(C)[C@H](NC(=O)C[NH+](C)CC(=O)NC(C)(C)C)c1ccc2c(c1)OCCCO2. The van der Waals surface area contributed by atoms with Crippen LogP contribution in [-0.2, 0) is 9.59 Å². The molecule has 0 saturated carbocycles. The maximum atomic E-state index is 12.6. The Morgan fingerprint density at radius 2 is 1.69 bits per heavy atom. The molecule has 29 heavy (non-hydrogen) atoms. The van der Waals surface area contributed by atoms with Gasteiger partial charge in [-0.15, -0.1) is 0 Å². The molecular weight excluding hydrogens is 370 g/mol. The highest BCUT2D eigenvalue weighted by atomic mass is 16.5. The fourth-order valence-corrected chi connectivity index (χ4v) is 3.31. The van der Waals surface area contributed by atoms with E-state index in [1.54, 1.807) is 0 Å². The van der Waals surface area contributed by atoms with Gasteiger partial charge in [-0.3, -0.25) is 9.59 Å². The number of likely N-dealkylation sites (N-methyl/N-ethyl adjacent to an activating group) is 1. The Bertz CT molecular complexity index is 712. The minimum atomic E-state index is -0.278. The molecule has 3 N–H and O–H groups in total. The topological polar surface area (TPSA) is 81.1 Å². The van der Waals surface area contributed by atoms with Crippen LogP contribution in [0.1, 0.15) is 52.6 Å². The number of hydrogen-bond acceptors (Lipinski definition) is 4. The zero-order chi connectivity index (χ0) is 21.6. The average Bonchev–Trinajstić information content (AvgIpc) is 2.82. The van der Waals surface area contributed by atoms with Gasteiger partial charge in [0.1, 0.15) is 0 Å². The van der Waals surface area contributed by atoms with E-state index in [9.17, 15) is 9.59 Å². The van der Waals surface area contributed by atoms with Crippen molar-refractivity contribution in [3.8, 4) is 11.5 Å². The lowest BCUT2D eigenvalue weighted by atomic mass is 9.95. The third-order valence-corrected chi connectivity index (χ3v) is 4.55. The van der Waals surface area contributed by atoms with Gasteiger partial charge in [0.25, 0.3) is 11.8 Å². The van der Waals surface area contributed by atoms with Crippen LogP contribution in [0.25, 0.3) is 0 Å². The Hall–Kier alpha value is -2.28. The molecule has 1 aromatic carbocycles. The van der Waals surface area contributed by atoms with E-state index in [1.165, 1.54) is 0 Å². The molecule has 2 rings (SSSR count). The summed E-state index contributed by atoms with van der Waals surface area (Å²) in [4.78, 5) is 25.5. The molecule has 2 amide bonds. The smallest absolute Gasteiger partial charge is 0.275 e. The van der Waals surface area contributed by atoms with Gasteiger partial charge in [-0.05, 0) is 44.4 Å². The number of fused-ring (bicyclic) bond motifs is 1. The minimum absolute atomic E-state index is 0.0638. The van der Waals surface area contributed by atoms with Gasteiger partial charge in [-0.25, -0.2) is 0 Å². The summed E-state index contributed by atoms with van der Waals surface area (Å²) in [7, 11) is 1.85. The molecule has 1 unspecified atom stereocenters. The molecule has 7 heteroatoms. The van der Waals surface area contributed by atoms with E-state index in [4.69, 9.17) is 9.47 Å². The lowest BCUT2D eigenvalue weighted by molar-refractivity contribution is -0.862. The molecule has 1 aliphatic heterocycles. The van der Waals surface area contributed by atoms with Crippen LogP contribution in [0.3, 0.4) is 0 Å². The fraction of sp³-hybridized carbons (Fsp3) is 0.636. The molecule has 0 saturated heterocycles. The lowest BCUT2D eigenvalue weighted by Gasteiger charge is -2.25. The van der Waals surface area contributed by atoms with Crippen molar-refractivity contribution >= 4 is 11.8 Å².